The molecule has 0 aromatic heterocycles. The number of carbonyl (C=O) groups is 2. The Morgan fingerprint density at radius 1 is 1.38 bits per heavy atom. The molecule has 1 unspecified atom stereocenters. The minimum Gasteiger partial charge on any atom is -0.453 e. The van der Waals surface area contributed by atoms with Crippen molar-refractivity contribution in [1.29, 1.82) is 0 Å². The fourth-order valence-corrected chi connectivity index (χ4v) is 2.98. The maximum atomic E-state index is 12.0. The van der Waals surface area contributed by atoms with Crippen LogP contribution in [0.1, 0.15) is 6.42 Å². The van der Waals surface area contributed by atoms with Crippen molar-refractivity contribution in [2.75, 3.05) is 35.8 Å². The summed E-state index contributed by atoms with van der Waals surface area (Å²) in [5.41, 5.74) is 1.23. The SMILES string of the molecule is COC(=O)Nc1cccc(NC(=O)CC2CSCCN2)c1. The molecule has 114 valence electrons. The van der Waals surface area contributed by atoms with Gasteiger partial charge in [0.1, 0.15) is 0 Å². The van der Waals surface area contributed by atoms with Gasteiger partial charge in [-0.2, -0.15) is 11.8 Å². The first-order valence-electron chi connectivity index (χ1n) is 6.73. The summed E-state index contributed by atoms with van der Waals surface area (Å²) < 4.78 is 4.53. The minimum absolute atomic E-state index is 0.0368. The van der Waals surface area contributed by atoms with Crippen molar-refractivity contribution in [2.24, 2.45) is 0 Å². The van der Waals surface area contributed by atoms with Crippen molar-refractivity contribution in [3.05, 3.63) is 24.3 Å². The van der Waals surface area contributed by atoms with Gasteiger partial charge in [-0.1, -0.05) is 6.07 Å². The Bertz CT molecular complexity index is 504. The fraction of sp³-hybridized carbons (Fsp3) is 0.429. The molecule has 2 amide bonds. The summed E-state index contributed by atoms with van der Waals surface area (Å²) in [5.74, 6) is 2.02. The number of ether oxygens (including phenoxy) is 1. The molecule has 1 aromatic rings. The number of methoxy groups -OCH3 is 1. The number of rotatable bonds is 4. The summed E-state index contributed by atoms with van der Waals surface area (Å²) >= 11 is 1.86. The van der Waals surface area contributed by atoms with Gasteiger partial charge in [0.15, 0.2) is 0 Å². The molecule has 1 fully saturated rings. The highest BCUT2D eigenvalue weighted by atomic mass is 32.2. The van der Waals surface area contributed by atoms with Crippen molar-refractivity contribution in [3.63, 3.8) is 0 Å². The smallest absolute Gasteiger partial charge is 0.411 e. The van der Waals surface area contributed by atoms with Gasteiger partial charge in [-0.3, -0.25) is 10.1 Å². The Labute approximate surface area is 128 Å². The van der Waals surface area contributed by atoms with Gasteiger partial charge in [0.25, 0.3) is 0 Å². The molecule has 0 bridgehead atoms. The molecule has 0 radical (unpaired) electrons. The molecule has 7 heteroatoms. The van der Waals surface area contributed by atoms with Gasteiger partial charge in [-0.05, 0) is 18.2 Å². The molecule has 1 atom stereocenters. The van der Waals surface area contributed by atoms with E-state index < -0.39 is 6.09 Å². The third kappa shape index (κ3) is 5.28. The van der Waals surface area contributed by atoms with E-state index in [4.69, 9.17) is 0 Å². The van der Waals surface area contributed by atoms with Crippen LogP contribution in [0.3, 0.4) is 0 Å². The van der Waals surface area contributed by atoms with Crippen LogP contribution in [0.25, 0.3) is 0 Å². The van der Waals surface area contributed by atoms with E-state index in [-0.39, 0.29) is 11.9 Å². The molecule has 6 nitrogen and oxygen atoms in total. The maximum absolute atomic E-state index is 12.0. The second-order valence-electron chi connectivity index (χ2n) is 4.68. The predicted octanol–water partition coefficient (Wildman–Crippen LogP) is 1.90. The van der Waals surface area contributed by atoms with Crippen molar-refractivity contribution < 1.29 is 14.3 Å². The topological polar surface area (TPSA) is 79.5 Å². The average molecular weight is 309 g/mol. The molecule has 21 heavy (non-hydrogen) atoms. The Hall–Kier alpha value is -1.73. The monoisotopic (exact) mass is 309 g/mol. The largest absolute Gasteiger partial charge is 0.453 e. The van der Waals surface area contributed by atoms with E-state index in [0.717, 1.165) is 18.1 Å². The van der Waals surface area contributed by atoms with Crippen LogP contribution < -0.4 is 16.0 Å². The molecular weight excluding hydrogens is 290 g/mol. The van der Waals surface area contributed by atoms with Gasteiger partial charge >= 0.3 is 6.09 Å². The summed E-state index contributed by atoms with van der Waals surface area (Å²) in [4.78, 5) is 23.1. The van der Waals surface area contributed by atoms with Gasteiger partial charge < -0.3 is 15.4 Å². The molecule has 1 aliphatic rings. The molecule has 0 spiro atoms. The molecule has 0 saturated carbocycles. The molecule has 0 aliphatic carbocycles. The van der Waals surface area contributed by atoms with Gasteiger partial charge in [0.05, 0.1) is 7.11 Å². The van der Waals surface area contributed by atoms with E-state index >= 15 is 0 Å². The normalized spacial score (nSPS) is 17.9. The quantitative estimate of drug-likeness (QED) is 0.791. The molecule has 2 rings (SSSR count). The Morgan fingerprint density at radius 3 is 2.81 bits per heavy atom. The lowest BCUT2D eigenvalue weighted by molar-refractivity contribution is -0.116. The molecule has 1 saturated heterocycles. The lowest BCUT2D eigenvalue weighted by Crippen LogP contribution is -2.39. The van der Waals surface area contributed by atoms with Crippen LogP contribution >= 0.6 is 11.8 Å². The number of benzene rings is 1. The van der Waals surface area contributed by atoms with E-state index in [1.807, 2.05) is 11.8 Å². The van der Waals surface area contributed by atoms with Crippen molar-refractivity contribution >= 4 is 35.1 Å². The molecular formula is C14H19N3O3S. The zero-order valence-electron chi connectivity index (χ0n) is 11.8. The van der Waals surface area contributed by atoms with Gasteiger partial charge in [0, 0.05) is 41.9 Å². The Morgan fingerprint density at radius 2 is 2.14 bits per heavy atom. The highest BCUT2D eigenvalue weighted by Gasteiger charge is 2.16. The van der Waals surface area contributed by atoms with Crippen LogP contribution in [0.2, 0.25) is 0 Å². The molecule has 1 heterocycles. The summed E-state index contributed by atoms with van der Waals surface area (Å²) in [6.45, 7) is 0.946. The lowest BCUT2D eigenvalue weighted by Gasteiger charge is -2.22. The maximum Gasteiger partial charge on any atom is 0.411 e. The van der Waals surface area contributed by atoms with Crippen molar-refractivity contribution in [3.8, 4) is 0 Å². The summed E-state index contributed by atoms with van der Waals surface area (Å²) in [5, 5.41) is 8.72. The number of anilines is 2. The van der Waals surface area contributed by atoms with E-state index in [0.29, 0.717) is 17.8 Å². The first-order chi connectivity index (χ1) is 10.2. The van der Waals surface area contributed by atoms with Crippen LogP contribution in [0.4, 0.5) is 16.2 Å². The average Bonchev–Trinajstić information content (AvgIpc) is 2.48. The van der Waals surface area contributed by atoms with Crippen LogP contribution in [0.5, 0.6) is 0 Å². The van der Waals surface area contributed by atoms with Gasteiger partial charge in [0.2, 0.25) is 5.91 Å². The molecule has 3 N–H and O–H groups in total. The number of amides is 2. The van der Waals surface area contributed by atoms with Gasteiger partial charge in [-0.25, -0.2) is 4.79 Å². The van der Waals surface area contributed by atoms with Crippen molar-refractivity contribution in [1.82, 2.24) is 5.32 Å². The standard InChI is InChI=1S/C14H19N3O3S/c1-20-14(19)17-11-4-2-3-10(7-11)16-13(18)8-12-9-21-6-5-15-12/h2-4,7,12,15H,5-6,8-9H2,1H3,(H,16,18)(H,17,19). The van der Waals surface area contributed by atoms with Crippen LogP contribution in [-0.4, -0.2) is 43.2 Å². The summed E-state index contributed by atoms with van der Waals surface area (Å²) in [6.07, 6.45) is -0.0938. The molecule has 1 aliphatic heterocycles. The third-order valence-electron chi connectivity index (χ3n) is 3.01. The lowest BCUT2D eigenvalue weighted by atomic mass is 10.2. The van der Waals surface area contributed by atoms with E-state index in [9.17, 15) is 9.59 Å². The number of carbonyl (C=O) groups excluding carboxylic acids is 2. The molecule has 1 aromatic carbocycles. The first-order valence-corrected chi connectivity index (χ1v) is 7.89. The van der Waals surface area contributed by atoms with Crippen LogP contribution in [-0.2, 0) is 9.53 Å². The van der Waals surface area contributed by atoms with Gasteiger partial charge in [-0.15, -0.1) is 0 Å². The second kappa shape index (κ2) is 7.90. The highest BCUT2D eigenvalue weighted by molar-refractivity contribution is 7.99. The summed E-state index contributed by atoms with van der Waals surface area (Å²) in [6, 6.07) is 7.18. The predicted molar refractivity (Wildman–Crippen MR) is 84.8 cm³/mol. The number of hydrogen-bond donors (Lipinski definition) is 3. The van der Waals surface area contributed by atoms with E-state index in [1.54, 1.807) is 24.3 Å². The number of hydrogen-bond acceptors (Lipinski definition) is 5. The van der Waals surface area contributed by atoms with E-state index in [2.05, 4.69) is 20.7 Å². The van der Waals surface area contributed by atoms with Crippen LogP contribution in [0, 0.1) is 0 Å². The Balaban J connectivity index is 1.87. The fourth-order valence-electron chi connectivity index (χ4n) is 2.03. The zero-order valence-corrected chi connectivity index (χ0v) is 12.7. The highest BCUT2D eigenvalue weighted by Crippen LogP contribution is 2.16. The zero-order chi connectivity index (χ0) is 15.1. The van der Waals surface area contributed by atoms with E-state index in [1.165, 1.54) is 7.11 Å². The number of thioether (sulfide) groups is 1. The third-order valence-corrected chi connectivity index (χ3v) is 4.14. The number of nitrogens with one attached hydrogen (secondary N) is 3. The second-order valence-corrected chi connectivity index (χ2v) is 5.83. The Kier molecular flexibility index (Phi) is 5.89. The van der Waals surface area contributed by atoms with Crippen molar-refractivity contribution in [2.45, 2.75) is 12.5 Å². The minimum atomic E-state index is -0.540. The summed E-state index contributed by atoms with van der Waals surface area (Å²) in [7, 11) is 1.30. The van der Waals surface area contributed by atoms with Crippen LogP contribution in [0.15, 0.2) is 24.3 Å². The first kappa shape index (κ1) is 15.7.